The van der Waals surface area contributed by atoms with Crippen LogP contribution < -0.4 is 0 Å². The third-order valence-electron chi connectivity index (χ3n) is 4.56. The summed E-state index contributed by atoms with van der Waals surface area (Å²) in [6, 6.07) is 6.33. The molecule has 1 fully saturated rings. The minimum absolute atomic E-state index is 0.215. The maximum atomic E-state index is 12.6. The van der Waals surface area contributed by atoms with Gasteiger partial charge in [-0.1, -0.05) is 17.7 Å². The van der Waals surface area contributed by atoms with Gasteiger partial charge >= 0.3 is 0 Å². The number of hydrogen-bond acceptors (Lipinski definition) is 3. The number of nitrogens with zero attached hydrogens (tertiary/aromatic N) is 4. The smallest absolute Gasteiger partial charge is 0.224 e. The lowest BCUT2D eigenvalue weighted by atomic mass is 9.96. The Labute approximate surface area is 147 Å². The van der Waals surface area contributed by atoms with Gasteiger partial charge in [-0.05, 0) is 44.2 Å². The second kappa shape index (κ2) is 8.29. The molecule has 0 N–H and O–H groups in total. The van der Waals surface area contributed by atoms with Crippen LogP contribution in [0.3, 0.4) is 0 Å². The van der Waals surface area contributed by atoms with E-state index in [9.17, 15) is 4.79 Å². The van der Waals surface area contributed by atoms with Gasteiger partial charge in [0.05, 0.1) is 11.2 Å². The standard InChI is InChI=1S/C18H23ClN4O/c19-15-13-21-22(14-15)12-9-18(24)23-11-4-2-6-17(23)8-7-16-5-1-3-10-20-16/h1,3,5,10,13-14,17H,2,4,6-9,11-12H2. The first-order valence-electron chi connectivity index (χ1n) is 8.60. The van der Waals surface area contributed by atoms with Gasteiger partial charge in [-0.3, -0.25) is 14.5 Å². The van der Waals surface area contributed by atoms with E-state index < -0.39 is 0 Å². The molecule has 0 aromatic carbocycles. The number of carbonyl (C=O) groups is 1. The monoisotopic (exact) mass is 346 g/mol. The number of aromatic nitrogens is 3. The molecule has 3 heterocycles. The highest BCUT2D eigenvalue weighted by molar-refractivity contribution is 6.30. The molecule has 1 aliphatic rings. The van der Waals surface area contributed by atoms with Crippen molar-refractivity contribution < 1.29 is 4.79 Å². The van der Waals surface area contributed by atoms with E-state index >= 15 is 0 Å². The molecule has 1 amide bonds. The molecule has 1 atom stereocenters. The second-order valence-corrected chi connectivity index (χ2v) is 6.70. The molecule has 6 heteroatoms. The van der Waals surface area contributed by atoms with Crippen LogP contribution in [0.1, 0.15) is 37.8 Å². The Morgan fingerprint density at radius 2 is 2.25 bits per heavy atom. The predicted octanol–water partition coefficient (Wildman–Crippen LogP) is 3.34. The Bertz CT molecular complexity index is 658. The molecule has 0 bridgehead atoms. The number of pyridine rings is 1. The Morgan fingerprint density at radius 1 is 1.33 bits per heavy atom. The van der Waals surface area contributed by atoms with Gasteiger partial charge in [0.1, 0.15) is 0 Å². The number of carbonyl (C=O) groups excluding carboxylic acids is 1. The highest BCUT2D eigenvalue weighted by Gasteiger charge is 2.26. The van der Waals surface area contributed by atoms with Crippen LogP contribution in [-0.2, 0) is 17.8 Å². The zero-order valence-electron chi connectivity index (χ0n) is 13.8. The molecule has 24 heavy (non-hydrogen) atoms. The minimum Gasteiger partial charge on any atom is -0.340 e. The first-order chi connectivity index (χ1) is 11.7. The number of rotatable bonds is 6. The maximum absolute atomic E-state index is 12.6. The Hall–Kier alpha value is -1.88. The summed E-state index contributed by atoms with van der Waals surface area (Å²) in [4.78, 5) is 19.1. The van der Waals surface area contributed by atoms with Crippen molar-refractivity contribution in [3.05, 3.63) is 47.5 Å². The molecule has 1 saturated heterocycles. The largest absolute Gasteiger partial charge is 0.340 e. The van der Waals surface area contributed by atoms with E-state index in [4.69, 9.17) is 11.6 Å². The van der Waals surface area contributed by atoms with E-state index in [0.29, 0.717) is 24.0 Å². The van der Waals surface area contributed by atoms with Crippen LogP contribution in [0.15, 0.2) is 36.8 Å². The quantitative estimate of drug-likeness (QED) is 0.806. The van der Waals surface area contributed by atoms with Gasteiger partial charge in [-0.2, -0.15) is 5.10 Å². The van der Waals surface area contributed by atoms with Gasteiger partial charge < -0.3 is 4.90 Å². The lowest BCUT2D eigenvalue weighted by Crippen LogP contribution is -2.44. The van der Waals surface area contributed by atoms with Crippen LogP contribution in [0.25, 0.3) is 0 Å². The number of likely N-dealkylation sites (tertiary alicyclic amines) is 1. The van der Waals surface area contributed by atoms with Gasteiger partial charge in [0, 0.05) is 43.6 Å². The summed E-state index contributed by atoms with van der Waals surface area (Å²) in [5.74, 6) is 0.215. The highest BCUT2D eigenvalue weighted by Crippen LogP contribution is 2.22. The third kappa shape index (κ3) is 4.57. The molecule has 0 aliphatic carbocycles. The summed E-state index contributed by atoms with van der Waals surface area (Å²) in [5, 5.41) is 4.74. The van der Waals surface area contributed by atoms with E-state index in [1.165, 1.54) is 6.42 Å². The fourth-order valence-electron chi connectivity index (χ4n) is 3.30. The normalized spacial score (nSPS) is 17.9. The van der Waals surface area contributed by atoms with Gasteiger partial charge in [0.25, 0.3) is 0 Å². The Balaban J connectivity index is 1.54. The topological polar surface area (TPSA) is 51.0 Å². The van der Waals surface area contributed by atoms with Crippen LogP contribution in [0.4, 0.5) is 0 Å². The number of halogens is 1. The molecule has 128 valence electrons. The number of aryl methyl sites for hydroxylation is 2. The summed E-state index contributed by atoms with van der Waals surface area (Å²) in [6.45, 7) is 1.45. The number of piperidine rings is 1. The Kier molecular flexibility index (Phi) is 5.86. The second-order valence-electron chi connectivity index (χ2n) is 6.27. The van der Waals surface area contributed by atoms with E-state index in [-0.39, 0.29) is 5.91 Å². The molecule has 0 saturated carbocycles. The van der Waals surface area contributed by atoms with Gasteiger partial charge in [-0.15, -0.1) is 0 Å². The van der Waals surface area contributed by atoms with Gasteiger partial charge in [-0.25, -0.2) is 0 Å². The SMILES string of the molecule is O=C(CCn1cc(Cl)cn1)N1CCCCC1CCc1ccccn1. The van der Waals surface area contributed by atoms with Gasteiger partial charge in [0.2, 0.25) is 5.91 Å². The molecular weight excluding hydrogens is 324 g/mol. The van der Waals surface area contributed by atoms with E-state index in [1.807, 2.05) is 18.3 Å². The van der Waals surface area contributed by atoms with Crippen molar-refractivity contribution in [3.8, 4) is 0 Å². The molecule has 5 nitrogen and oxygen atoms in total. The minimum atomic E-state index is 0.215. The van der Waals surface area contributed by atoms with Crippen molar-refractivity contribution >= 4 is 17.5 Å². The molecule has 2 aromatic heterocycles. The molecule has 1 unspecified atom stereocenters. The fourth-order valence-corrected chi connectivity index (χ4v) is 3.46. The van der Waals surface area contributed by atoms with Crippen LogP contribution in [-0.4, -0.2) is 38.2 Å². The molecule has 1 aliphatic heterocycles. The first-order valence-corrected chi connectivity index (χ1v) is 8.97. The third-order valence-corrected chi connectivity index (χ3v) is 4.76. The number of amides is 1. The lowest BCUT2D eigenvalue weighted by molar-refractivity contribution is -0.135. The fraction of sp³-hybridized carbons (Fsp3) is 0.500. The molecule has 2 aromatic rings. The van der Waals surface area contributed by atoms with Crippen molar-refractivity contribution in [3.63, 3.8) is 0 Å². The summed E-state index contributed by atoms with van der Waals surface area (Å²) in [6.07, 6.45) is 10.9. The van der Waals surface area contributed by atoms with Crippen molar-refractivity contribution in [1.82, 2.24) is 19.7 Å². The average Bonchev–Trinajstić information content (AvgIpc) is 3.04. The molecule has 0 spiro atoms. The maximum Gasteiger partial charge on any atom is 0.224 e. The predicted molar refractivity (Wildman–Crippen MR) is 93.8 cm³/mol. The van der Waals surface area contributed by atoms with Crippen molar-refractivity contribution in [2.24, 2.45) is 0 Å². The van der Waals surface area contributed by atoms with E-state index in [0.717, 1.165) is 37.9 Å². The van der Waals surface area contributed by atoms with Crippen LogP contribution in [0.2, 0.25) is 5.02 Å². The molecule has 3 rings (SSSR count). The van der Waals surface area contributed by atoms with Crippen LogP contribution in [0, 0.1) is 0 Å². The summed E-state index contributed by atoms with van der Waals surface area (Å²) in [7, 11) is 0. The zero-order chi connectivity index (χ0) is 16.8. The van der Waals surface area contributed by atoms with Crippen molar-refractivity contribution in [2.75, 3.05) is 6.54 Å². The number of hydrogen-bond donors (Lipinski definition) is 0. The molecule has 0 radical (unpaired) electrons. The Morgan fingerprint density at radius 3 is 3.00 bits per heavy atom. The van der Waals surface area contributed by atoms with Crippen LogP contribution >= 0.6 is 11.6 Å². The summed E-state index contributed by atoms with van der Waals surface area (Å²) >= 11 is 5.86. The zero-order valence-corrected chi connectivity index (χ0v) is 14.5. The van der Waals surface area contributed by atoms with Crippen LogP contribution in [0.5, 0.6) is 0 Å². The van der Waals surface area contributed by atoms with E-state index in [1.54, 1.807) is 17.1 Å². The highest BCUT2D eigenvalue weighted by atomic mass is 35.5. The first kappa shape index (κ1) is 17.0. The van der Waals surface area contributed by atoms with Gasteiger partial charge in [0.15, 0.2) is 0 Å². The average molecular weight is 347 g/mol. The van der Waals surface area contributed by atoms with Crippen molar-refractivity contribution in [2.45, 2.75) is 51.1 Å². The van der Waals surface area contributed by atoms with E-state index in [2.05, 4.69) is 21.0 Å². The van der Waals surface area contributed by atoms with Crippen molar-refractivity contribution in [1.29, 1.82) is 0 Å². The lowest BCUT2D eigenvalue weighted by Gasteiger charge is -2.36. The molecular formula is C18H23ClN4O. The summed E-state index contributed by atoms with van der Waals surface area (Å²) in [5.41, 5.74) is 1.10. The summed E-state index contributed by atoms with van der Waals surface area (Å²) < 4.78 is 1.73.